The Morgan fingerprint density at radius 3 is 2.35 bits per heavy atom. The Labute approximate surface area is 150 Å². The predicted molar refractivity (Wildman–Crippen MR) is 95.6 cm³/mol. The van der Waals surface area contributed by atoms with Crippen molar-refractivity contribution in [1.29, 1.82) is 0 Å². The van der Waals surface area contributed by atoms with Crippen LogP contribution in [0.15, 0.2) is 48.5 Å². The van der Waals surface area contributed by atoms with Crippen LogP contribution in [0.25, 0.3) is 0 Å². The maximum Gasteiger partial charge on any atom is 0.239 e. The first-order chi connectivity index (χ1) is 12.3. The molecule has 26 heavy (non-hydrogen) atoms. The van der Waals surface area contributed by atoms with Crippen molar-refractivity contribution in [2.24, 2.45) is 0 Å². The van der Waals surface area contributed by atoms with Crippen LogP contribution in [0.3, 0.4) is 0 Å². The Hall–Kier alpha value is -2.74. The highest BCUT2D eigenvalue weighted by Crippen LogP contribution is 2.23. The molecule has 2 aromatic carbocycles. The van der Waals surface area contributed by atoms with Crippen LogP contribution >= 0.6 is 0 Å². The summed E-state index contributed by atoms with van der Waals surface area (Å²) in [7, 11) is -3.98. The molecule has 0 aliphatic carbocycles. The monoisotopic (exact) mass is 379 g/mol. The van der Waals surface area contributed by atoms with Crippen LogP contribution in [0.2, 0.25) is 0 Å². The number of hydrogen-bond acceptors (Lipinski definition) is 5. The number of sulfone groups is 1. The molecule has 138 valence electrons. The normalized spacial score (nSPS) is 11.0. The van der Waals surface area contributed by atoms with E-state index < -0.39 is 38.9 Å². The molecule has 0 fully saturated rings. The number of Topliss-reactive ketones (excluding diaryl/α,β-unsaturated/α-hetero) is 1. The summed E-state index contributed by atoms with van der Waals surface area (Å²) >= 11 is 0. The largest absolute Gasteiger partial charge is 0.492 e. The number of halogens is 1. The number of nitrogens with one attached hydrogen (secondary N) is 1. The number of para-hydroxylation sites is 2. The fourth-order valence-corrected chi connectivity index (χ4v) is 3.35. The average Bonchev–Trinajstić information content (AvgIpc) is 2.56. The standard InChI is InChI=1S/C18H18FNO5S/c1-2-25-17-6-4-3-5-15(17)20-18(22)12-26(23,24)11-16(21)13-7-9-14(19)10-8-13/h3-10H,2,11-12H2,1H3,(H,20,22). The van der Waals surface area contributed by atoms with Gasteiger partial charge in [-0.25, -0.2) is 12.8 Å². The number of carbonyl (C=O) groups excluding carboxylic acids is 2. The van der Waals surface area contributed by atoms with Gasteiger partial charge in [0.1, 0.15) is 23.1 Å². The molecule has 0 saturated carbocycles. The molecule has 1 N–H and O–H groups in total. The minimum Gasteiger partial charge on any atom is -0.492 e. The van der Waals surface area contributed by atoms with Gasteiger partial charge in [0.15, 0.2) is 15.6 Å². The fourth-order valence-electron chi connectivity index (χ4n) is 2.21. The third kappa shape index (κ3) is 5.66. The molecule has 0 aliphatic rings. The molecule has 0 saturated heterocycles. The zero-order chi connectivity index (χ0) is 19.2. The van der Waals surface area contributed by atoms with Gasteiger partial charge in [-0.05, 0) is 43.3 Å². The van der Waals surface area contributed by atoms with E-state index in [0.29, 0.717) is 18.0 Å². The maximum absolute atomic E-state index is 12.9. The molecule has 8 heteroatoms. The topological polar surface area (TPSA) is 89.5 Å². The highest BCUT2D eigenvalue weighted by molar-refractivity contribution is 7.92. The van der Waals surface area contributed by atoms with Crippen molar-refractivity contribution in [1.82, 2.24) is 0 Å². The highest BCUT2D eigenvalue weighted by Gasteiger charge is 2.22. The van der Waals surface area contributed by atoms with Gasteiger partial charge in [0.05, 0.1) is 12.3 Å². The lowest BCUT2D eigenvalue weighted by Gasteiger charge is -2.11. The lowest BCUT2D eigenvalue weighted by atomic mass is 10.1. The van der Waals surface area contributed by atoms with Crippen LogP contribution in [-0.4, -0.2) is 38.2 Å². The summed E-state index contributed by atoms with van der Waals surface area (Å²) in [5.41, 5.74) is 0.413. The second-order valence-electron chi connectivity index (χ2n) is 5.44. The molecule has 0 atom stereocenters. The molecule has 0 bridgehead atoms. The second-order valence-corrected chi connectivity index (χ2v) is 7.50. The smallest absolute Gasteiger partial charge is 0.239 e. The number of rotatable bonds is 8. The molecular formula is C18H18FNO5S. The zero-order valence-corrected chi connectivity index (χ0v) is 14.9. The second kappa shape index (κ2) is 8.57. The van der Waals surface area contributed by atoms with Gasteiger partial charge in [0.25, 0.3) is 0 Å². The Kier molecular flexibility index (Phi) is 6.46. The molecule has 0 spiro atoms. The van der Waals surface area contributed by atoms with E-state index in [0.717, 1.165) is 12.1 Å². The predicted octanol–water partition coefficient (Wildman–Crippen LogP) is 2.46. The summed E-state index contributed by atoms with van der Waals surface area (Å²) in [6.07, 6.45) is 0. The van der Waals surface area contributed by atoms with E-state index in [4.69, 9.17) is 4.74 Å². The molecule has 0 aromatic heterocycles. The van der Waals surface area contributed by atoms with Crippen LogP contribution < -0.4 is 10.1 Å². The van der Waals surface area contributed by atoms with Crippen LogP contribution in [0.4, 0.5) is 10.1 Å². The van der Waals surface area contributed by atoms with Crippen molar-refractivity contribution in [3.8, 4) is 5.75 Å². The summed E-state index contributed by atoms with van der Waals surface area (Å²) in [4.78, 5) is 24.0. The minimum atomic E-state index is -3.98. The van der Waals surface area contributed by atoms with Gasteiger partial charge in [-0.3, -0.25) is 9.59 Å². The summed E-state index contributed by atoms with van der Waals surface area (Å²) < 4.78 is 42.4. The van der Waals surface area contributed by atoms with Crippen LogP contribution in [0.5, 0.6) is 5.75 Å². The third-order valence-electron chi connectivity index (χ3n) is 3.33. The minimum absolute atomic E-state index is 0.0667. The summed E-state index contributed by atoms with van der Waals surface area (Å²) in [5, 5.41) is 2.47. The van der Waals surface area contributed by atoms with E-state index in [9.17, 15) is 22.4 Å². The Bertz CT molecular complexity index is 894. The lowest BCUT2D eigenvalue weighted by Crippen LogP contribution is -2.27. The van der Waals surface area contributed by atoms with Gasteiger partial charge in [-0.15, -0.1) is 0 Å². The van der Waals surface area contributed by atoms with Crippen molar-refractivity contribution < 1.29 is 27.1 Å². The van der Waals surface area contributed by atoms with Gasteiger partial charge in [0.2, 0.25) is 5.91 Å². The van der Waals surface area contributed by atoms with Gasteiger partial charge in [-0.1, -0.05) is 12.1 Å². The Balaban J connectivity index is 2.01. The van der Waals surface area contributed by atoms with E-state index in [1.54, 1.807) is 31.2 Å². The number of ether oxygens (including phenoxy) is 1. The van der Waals surface area contributed by atoms with Gasteiger partial charge >= 0.3 is 0 Å². The van der Waals surface area contributed by atoms with E-state index >= 15 is 0 Å². The fraction of sp³-hybridized carbons (Fsp3) is 0.222. The van der Waals surface area contributed by atoms with Gasteiger partial charge < -0.3 is 10.1 Å². The summed E-state index contributed by atoms with van der Waals surface area (Å²) in [6, 6.07) is 11.2. The summed E-state index contributed by atoms with van der Waals surface area (Å²) in [5.74, 6) is -3.27. The average molecular weight is 379 g/mol. The number of carbonyl (C=O) groups is 2. The van der Waals surface area contributed by atoms with Crippen LogP contribution in [0, 0.1) is 5.82 Å². The van der Waals surface area contributed by atoms with E-state index in [-0.39, 0.29) is 5.56 Å². The lowest BCUT2D eigenvalue weighted by molar-refractivity contribution is -0.113. The first kappa shape index (κ1) is 19.6. The first-order valence-electron chi connectivity index (χ1n) is 7.81. The Morgan fingerprint density at radius 1 is 1.04 bits per heavy atom. The molecule has 2 aromatic rings. The maximum atomic E-state index is 12.9. The molecule has 0 aliphatic heterocycles. The van der Waals surface area contributed by atoms with Crippen molar-refractivity contribution >= 4 is 27.2 Å². The number of ketones is 1. The van der Waals surface area contributed by atoms with E-state index in [2.05, 4.69) is 5.32 Å². The van der Waals surface area contributed by atoms with Gasteiger partial charge in [-0.2, -0.15) is 0 Å². The molecular weight excluding hydrogens is 361 g/mol. The number of hydrogen-bond donors (Lipinski definition) is 1. The molecule has 0 heterocycles. The van der Waals surface area contributed by atoms with Crippen molar-refractivity contribution in [2.45, 2.75) is 6.92 Å². The zero-order valence-electron chi connectivity index (χ0n) is 14.1. The third-order valence-corrected chi connectivity index (χ3v) is 4.73. The highest BCUT2D eigenvalue weighted by atomic mass is 32.2. The quantitative estimate of drug-likeness (QED) is 0.712. The van der Waals surface area contributed by atoms with Gasteiger partial charge in [0, 0.05) is 5.56 Å². The van der Waals surface area contributed by atoms with E-state index in [1.165, 1.54) is 12.1 Å². The molecule has 1 amide bonds. The summed E-state index contributed by atoms with van der Waals surface area (Å²) in [6.45, 7) is 2.17. The van der Waals surface area contributed by atoms with Crippen molar-refractivity contribution in [2.75, 3.05) is 23.4 Å². The van der Waals surface area contributed by atoms with Crippen LogP contribution in [-0.2, 0) is 14.6 Å². The number of benzene rings is 2. The van der Waals surface area contributed by atoms with E-state index in [1.807, 2.05) is 0 Å². The first-order valence-corrected chi connectivity index (χ1v) is 9.64. The number of anilines is 1. The Morgan fingerprint density at radius 2 is 1.69 bits per heavy atom. The SMILES string of the molecule is CCOc1ccccc1NC(=O)CS(=O)(=O)CC(=O)c1ccc(F)cc1. The molecule has 0 radical (unpaired) electrons. The molecule has 0 unspecified atom stereocenters. The van der Waals surface area contributed by atoms with Crippen molar-refractivity contribution in [3.63, 3.8) is 0 Å². The van der Waals surface area contributed by atoms with Crippen molar-refractivity contribution in [3.05, 3.63) is 59.9 Å². The molecule has 6 nitrogen and oxygen atoms in total. The van der Waals surface area contributed by atoms with Crippen LogP contribution in [0.1, 0.15) is 17.3 Å². The number of amides is 1. The molecule has 2 rings (SSSR count).